The van der Waals surface area contributed by atoms with Gasteiger partial charge in [0.05, 0.1) is 16.8 Å². The third kappa shape index (κ3) is 3.03. The molecule has 39 heavy (non-hydrogen) atoms. The average Bonchev–Trinajstić information content (AvgIpc) is 3.33. The predicted octanol–water partition coefficient (Wildman–Crippen LogP) is 9.63. The molecule has 0 saturated carbocycles. The molecule has 0 unspecified atom stereocenters. The number of hydrogen-bond donors (Lipinski definition) is 0. The van der Waals surface area contributed by atoms with Crippen LogP contribution < -0.4 is 9.64 Å². The molecule has 1 aliphatic heterocycles. The van der Waals surface area contributed by atoms with Crippen molar-refractivity contribution in [2.24, 2.45) is 0 Å². The van der Waals surface area contributed by atoms with Crippen molar-refractivity contribution in [3.8, 4) is 22.6 Å². The van der Waals surface area contributed by atoms with Crippen LogP contribution in [0.2, 0.25) is 0 Å². The predicted molar refractivity (Wildman–Crippen MR) is 159 cm³/mol. The van der Waals surface area contributed by atoms with Crippen LogP contribution >= 0.6 is 0 Å². The number of ether oxygens (including phenoxy) is 1. The third-order valence-electron chi connectivity index (χ3n) is 8.13. The number of rotatable bonds is 3. The van der Waals surface area contributed by atoms with Crippen molar-refractivity contribution in [3.05, 3.63) is 174 Å². The van der Waals surface area contributed by atoms with Gasteiger partial charge in [0.25, 0.3) is 0 Å². The Morgan fingerprint density at radius 1 is 0.462 bits per heavy atom. The molecular formula is C37H25NO. The summed E-state index contributed by atoms with van der Waals surface area (Å²) in [5, 5.41) is 0. The van der Waals surface area contributed by atoms with Gasteiger partial charge in [0.15, 0.2) is 11.5 Å². The molecule has 8 rings (SSSR count). The molecular weight excluding hydrogens is 474 g/mol. The van der Waals surface area contributed by atoms with E-state index in [1.807, 2.05) is 6.07 Å². The molecule has 0 saturated heterocycles. The van der Waals surface area contributed by atoms with Crippen molar-refractivity contribution in [1.29, 1.82) is 0 Å². The lowest BCUT2D eigenvalue weighted by atomic mass is 9.67. The number of para-hydroxylation sites is 3. The van der Waals surface area contributed by atoms with E-state index >= 15 is 0 Å². The maximum Gasteiger partial charge on any atom is 0.159 e. The van der Waals surface area contributed by atoms with Gasteiger partial charge in [-0.1, -0.05) is 121 Å². The normalized spacial score (nSPS) is 14.0. The van der Waals surface area contributed by atoms with Gasteiger partial charge in [-0.05, 0) is 58.1 Å². The lowest BCUT2D eigenvalue weighted by Crippen LogP contribution is -2.28. The average molecular weight is 500 g/mol. The minimum absolute atomic E-state index is 0.457. The highest BCUT2D eigenvalue weighted by molar-refractivity contribution is 5.97. The first-order valence-electron chi connectivity index (χ1n) is 13.4. The molecule has 0 N–H and O–H groups in total. The molecule has 6 aromatic rings. The Labute approximate surface area is 228 Å². The van der Waals surface area contributed by atoms with Crippen LogP contribution in [0.1, 0.15) is 22.3 Å². The van der Waals surface area contributed by atoms with E-state index in [0.717, 1.165) is 34.1 Å². The highest BCUT2D eigenvalue weighted by Crippen LogP contribution is 2.63. The number of anilines is 3. The highest BCUT2D eigenvalue weighted by Gasteiger charge is 2.48. The van der Waals surface area contributed by atoms with Gasteiger partial charge in [0.2, 0.25) is 0 Å². The van der Waals surface area contributed by atoms with Crippen LogP contribution in [0, 0.1) is 0 Å². The second-order valence-electron chi connectivity index (χ2n) is 10.1. The smallest absolute Gasteiger partial charge is 0.159 e. The summed E-state index contributed by atoms with van der Waals surface area (Å²) in [7, 11) is 0. The van der Waals surface area contributed by atoms with Crippen molar-refractivity contribution in [2.45, 2.75) is 5.41 Å². The first-order chi connectivity index (χ1) is 19.4. The van der Waals surface area contributed by atoms with Crippen molar-refractivity contribution >= 4 is 17.1 Å². The molecule has 0 aromatic heterocycles. The van der Waals surface area contributed by atoms with Gasteiger partial charge in [0.1, 0.15) is 0 Å². The first-order valence-corrected chi connectivity index (χ1v) is 13.4. The Morgan fingerprint density at radius 2 is 1.05 bits per heavy atom. The first kappa shape index (κ1) is 22.0. The van der Waals surface area contributed by atoms with Gasteiger partial charge in [0, 0.05) is 11.3 Å². The number of fused-ring (bicyclic) bond motifs is 6. The van der Waals surface area contributed by atoms with E-state index in [4.69, 9.17) is 4.74 Å². The summed E-state index contributed by atoms with van der Waals surface area (Å²) < 4.78 is 6.85. The highest BCUT2D eigenvalue weighted by atomic mass is 16.5. The van der Waals surface area contributed by atoms with Crippen LogP contribution in [-0.2, 0) is 5.41 Å². The Morgan fingerprint density at radius 3 is 1.77 bits per heavy atom. The molecule has 0 bridgehead atoms. The molecule has 0 spiro atoms. The van der Waals surface area contributed by atoms with Gasteiger partial charge < -0.3 is 9.64 Å². The van der Waals surface area contributed by atoms with Crippen molar-refractivity contribution in [3.63, 3.8) is 0 Å². The minimum Gasteiger partial charge on any atom is -0.452 e. The van der Waals surface area contributed by atoms with E-state index < -0.39 is 5.41 Å². The maximum atomic E-state index is 6.85. The van der Waals surface area contributed by atoms with Gasteiger partial charge >= 0.3 is 0 Å². The summed E-state index contributed by atoms with van der Waals surface area (Å²) in [6.45, 7) is 0. The molecule has 2 aliphatic rings. The summed E-state index contributed by atoms with van der Waals surface area (Å²) in [5.74, 6) is 1.76. The van der Waals surface area contributed by atoms with Crippen LogP contribution in [0.25, 0.3) is 11.1 Å². The van der Waals surface area contributed by atoms with Gasteiger partial charge in [-0.25, -0.2) is 0 Å². The molecule has 2 heteroatoms. The number of nitrogens with zero attached hydrogens (tertiary/aromatic N) is 1. The van der Waals surface area contributed by atoms with E-state index in [1.54, 1.807) is 0 Å². The topological polar surface area (TPSA) is 12.5 Å². The largest absolute Gasteiger partial charge is 0.452 e. The fourth-order valence-corrected chi connectivity index (χ4v) is 6.59. The van der Waals surface area contributed by atoms with Crippen molar-refractivity contribution in [1.82, 2.24) is 0 Å². The molecule has 184 valence electrons. The zero-order valence-electron chi connectivity index (χ0n) is 21.3. The molecule has 1 heterocycles. The molecule has 0 fully saturated rings. The fourth-order valence-electron chi connectivity index (χ4n) is 6.59. The minimum atomic E-state index is -0.457. The Balaban J connectivity index is 1.49. The third-order valence-corrected chi connectivity index (χ3v) is 8.13. The van der Waals surface area contributed by atoms with Crippen molar-refractivity contribution in [2.75, 3.05) is 4.90 Å². The van der Waals surface area contributed by atoms with E-state index in [2.05, 4.69) is 150 Å². The Hall–Kier alpha value is -5.08. The zero-order valence-corrected chi connectivity index (χ0v) is 21.3. The summed E-state index contributed by atoms with van der Waals surface area (Å²) in [4.78, 5) is 2.32. The van der Waals surface area contributed by atoms with E-state index in [0.29, 0.717) is 0 Å². The molecule has 2 nitrogen and oxygen atoms in total. The maximum absolute atomic E-state index is 6.85. The molecule has 0 amide bonds. The number of hydrogen-bond acceptors (Lipinski definition) is 2. The second kappa shape index (κ2) is 8.47. The van der Waals surface area contributed by atoms with Crippen LogP contribution in [0.15, 0.2) is 152 Å². The Kier molecular flexibility index (Phi) is 4.77. The quantitative estimate of drug-likeness (QED) is 0.240. The van der Waals surface area contributed by atoms with E-state index in [1.165, 1.54) is 27.8 Å². The van der Waals surface area contributed by atoms with Crippen LogP contribution in [0.3, 0.4) is 0 Å². The SMILES string of the molecule is c1ccc(N2c3ccccc3Oc3c2ccc2c3-c3ccccc3C2(c2ccccc2)c2ccccc2)cc1. The molecule has 6 aromatic carbocycles. The summed E-state index contributed by atoms with van der Waals surface area (Å²) in [6, 6.07) is 54.0. The van der Waals surface area contributed by atoms with E-state index in [-0.39, 0.29) is 0 Å². The second-order valence-corrected chi connectivity index (χ2v) is 10.1. The summed E-state index contributed by atoms with van der Waals surface area (Å²) in [6.07, 6.45) is 0. The van der Waals surface area contributed by atoms with Gasteiger partial charge in [-0.3, -0.25) is 0 Å². The standard InChI is InChI=1S/C37H25NO/c1-4-14-26(15-5-1)37(27-16-6-2-7-17-27)30-21-11-10-20-29(30)35-31(37)24-25-33-36(35)39-34-23-13-12-22-32(34)38(33)28-18-8-3-9-19-28/h1-25H. The van der Waals surface area contributed by atoms with E-state index in [9.17, 15) is 0 Å². The van der Waals surface area contributed by atoms with Crippen molar-refractivity contribution < 1.29 is 4.74 Å². The molecule has 1 aliphatic carbocycles. The summed E-state index contributed by atoms with van der Waals surface area (Å²) in [5.41, 5.74) is 10.1. The lowest BCUT2D eigenvalue weighted by molar-refractivity contribution is 0.478. The van der Waals surface area contributed by atoms with Gasteiger partial charge in [-0.2, -0.15) is 0 Å². The van der Waals surface area contributed by atoms with Crippen LogP contribution in [0.4, 0.5) is 17.1 Å². The van der Waals surface area contributed by atoms with Crippen LogP contribution in [0.5, 0.6) is 11.5 Å². The zero-order chi connectivity index (χ0) is 25.8. The number of benzene rings is 6. The molecule has 0 radical (unpaired) electrons. The summed E-state index contributed by atoms with van der Waals surface area (Å²) >= 11 is 0. The fraction of sp³-hybridized carbons (Fsp3) is 0.0270. The lowest BCUT2D eigenvalue weighted by Gasteiger charge is -2.36. The Bertz CT molecular complexity index is 1790. The van der Waals surface area contributed by atoms with Crippen LogP contribution in [-0.4, -0.2) is 0 Å². The molecule has 0 atom stereocenters. The monoisotopic (exact) mass is 499 g/mol. The van der Waals surface area contributed by atoms with Gasteiger partial charge in [-0.15, -0.1) is 0 Å².